The van der Waals surface area contributed by atoms with Crippen LogP contribution in [-0.4, -0.2) is 21.6 Å². The van der Waals surface area contributed by atoms with E-state index in [1.165, 1.54) is 59.1 Å². The van der Waals surface area contributed by atoms with Crippen LogP contribution in [0, 0.1) is 12.8 Å². The molecule has 30 heavy (non-hydrogen) atoms. The maximum Gasteiger partial charge on any atom is 0.155 e. The molecule has 4 aromatic rings. The molecule has 2 aliphatic rings. The summed E-state index contributed by atoms with van der Waals surface area (Å²) in [5, 5.41) is 5.19. The number of aromatic nitrogens is 3. The maximum atomic E-state index is 5.54. The molecule has 1 saturated carbocycles. The van der Waals surface area contributed by atoms with Crippen LogP contribution in [0.3, 0.4) is 0 Å². The van der Waals surface area contributed by atoms with Crippen LogP contribution >= 0.6 is 11.3 Å². The van der Waals surface area contributed by atoms with Gasteiger partial charge in [-0.15, -0.1) is 11.3 Å². The van der Waals surface area contributed by atoms with Crippen molar-refractivity contribution in [2.24, 2.45) is 5.92 Å². The summed E-state index contributed by atoms with van der Waals surface area (Å²) in [6, 6.07) is 10.7. The Labute approximate surface area is 180 Å². The number of imidazole rings is 1. The highest BCUT2D eigenvalue weighted by Crippen LogP contribution is 2.51. The van der Waals surface area contributed by atoms with Crippen molar-refractivity contribution in [2.75, 3.05) is 12.4 Å². The normalized spacial score (nSPS) is 19.1. The van der Waals surface area contributed by atoms with Gasteiger partial charge in [-0.1, -0.05) is 31.4 Å². The van der Waals surface area contributed by atoms with Crippen LogP contribution in [0.25, 0.3) is 32.0 Å². The van der Waals surface area contributed by atoms with Gasteiger partial charge in [0.2, 0.25) is 0 Å². The van der Waals surface area contributed by atoms with Gasteiger partial charge in [-0.05, 0) is 49.4 Å². The number of rotatable bonds is 3. The molecule has 0 bridgehead atoms. The van der Waals surface area contributed by atoms with Crippen molar-refractivity contribution in [3.63, 3.8) is 0 Å². The van der Waals surface area contributed by atoms with E-state index in [1.54, 1.807) is 18.4 Å². The molecular weight excluding hydrogens is 392 g/mol. The van der Waals surface area contributed by atoms with Crippen LogP contribution in [0.15, 0.2) is 30.3 Å². The highest BCUT2D eigenvalue weighted by Gasteiger charge is 2.36. The topological polar surface area (TPSA) is 52.0 Å². The van der Waals surface area contributed by atoms with Crippen molar-refractivity contribution in [3.8, 4) is 10.7 Å². The molecule has 0 unspecified atom stereocenters. The summed E-state index contributed by atoms with van der Waals surface area (Å²) in [5.41, 5.74) is 5.73. The molecule has 3 aromatic heterocycles. The molecule has 0 amide bonds. The Hall–Kier alpha value is -2.44. The van der Waals surface area contributed by atoms with E-state index in [2.05, 4.69) is 47.1 Å². The molecule has 1 aliphatic heterocycles. The number of nitrogens with zero attached hydrogens (tertiary/aromatic N) is 3. The highest BCUT2D eigenvalue weighted by atomic mass is 32.1. The molecule has 1 aliphatic carbocycles. The first-order valence-corrected chi connectivity index (χ1v) is 11.7. The average Bonchev–Trinajstić information content (AvgIpc) is 3.32. The predicted octanol–water partition coefficient (Wildman–Crippen LogP) is 6.27. The van der Waals surface area contributed by atoms with Crippen molar-refractivity contribution in [1.29, 1.82) is 0 Å². The summed E-state index contributed by atoms with van der Waals surface area (Å²) in [7, 11) is 1.76. The van der Waals surface area contributed by atoms with Gasteiger partial charge in [-0.3, -0.25) is 0 Å². The second kappa shape index (κ2) is 7.06. The van der Waals surface area contributed by atoms with E-state index in [4.69, 9.17) is 14.7 Å². The number of ether oxygens (including phenoxy) is 1. The minimum atomic E-state index is 0.231. The van der Waals surface area contributed by atoms with E-state index in [1.807, 2.05) is 0 Å². The van der Waals surface area contributed by atoms with E-state index >= 15 is 0 Å². The predicted molar refractivity (Wildman–Crippen MR) is 123 cm³/mol. The van der Waals surface area contributed by atoms with Crippen molar-refractivity contribution in [2.45, 2.75) is 51.8 Å². The van der Waals surface area contributed by atoms with Crippen molar-refractivity contribution >= 4 is 38.3 Å². The Bertz CT molecular complexity index is 1250. The third kappa shape index (κ3) is 2.70. The van der Waals surface area contributed by atoms with Crippen molar-refractivity contribution < 1.29 is 4.74 Å². The number of methoxy groups -OCH3 is 1. The Morgan fingerprint density at radius 2 is 2.00 bits per heavy atom. The zero-order valence-corrected chi connectivity index (χ0v) is 18.3. The molecule has 0 radical (unpaired) electrons. The molecule has 1 aromatic carbocycles. The smallest absolute Gasteiger partial charge is 0.155 e. The molecular formula is C24H26N4OS. The lowest BCUT2D eigenvalue weighted by Gasteiger charge is -2.36. The van der Waals surface area contributed by atoms with Gasteiger partial charge in [-0.25, -0.2) is 9.97 Å². The number of hydrogen-bond acceptors (Lipinski definition) is 5. The van der Waals surface area contributed by atoms with E-state index < -0.39 is 0 Å². The Morgan fingerprint density at radius 3 is 2.83 bits per heavy atom. The Kier molecular flexibility index (Phi) is 4.32. The lowest BCUT2D eigenvalue weighted by atomic mass is 9.86. The fourth-order valence-electron chi connectivity index (χ4n) is 5.35. The zero-order valence-electron chi connectivity index (χ0n) is 17.4. The zero-order chi connectivity index (χ0) is 20.2. The lowest BCUT2D eigenvalue weighted by Crippen LogP contribution is -2.31. The van der Waals surface area contributed by atoms with Crippen LogP contribution in [0.4, 0.5) is 5.69 Å². The van der Waals surface area contributed by atoms with Gasteiger partial charge in [0.25, 0.3) is 0 Å². The third-order valence-electron chi connectivity index (χ3n) is 6.64. The van der Waals surface area contributed by atoms with Gasteiger partial charge in [0.15, 0.2) is 5.82 Å². The Balaban J connectivity index is 1.63. The summed E-state index contributed by atoms with van der Waals surface area (Å²) < 4.78 is 8.00. The number of fused-ring (bicyclic) bond motifs is 7. The van der Waals surface area contributed by atoms with E-state index in [0.717, 1.165) is 21.9 Å². The number of benzene rings is 1. The second-order valence-corrected chi connectivity index (χ2v) is 9.62. The van der Waals surface area contributed by atoms with Gasteiger partial charge < -0.3 is 14.6 Å². The summed E-state index contributed by atoms with van der Waals surface area (Å²) in [5.74, 6) is 1.70. The number of hydrogen-bond donors (Lipinski definition) is 1. The fraction of sp³-hybridized carbons (Fsp3) is 0.417. The molecule has 6 rings (SSSR count). The minimum Gasteiger partial charge on any atom is -0.380 e. The number of nitrogens with one attached hydrogen (secondary N) is 1. The number of thiophene rings is 1. The molecule has 0 saturated heterocycles. The van der Waals surface area contributed by atoms with E-state index in [-0.39, 0.29) is 6.17 Å². The second-order valence-electron chi connectivity index (χ2n) is 8.62. The van der Waals surface area contributed by atoms with Gasteiger partial charge in [0, 0.05) is 18.2 Å². The number of para-hydroxylation sites is 2. The molecule has 1 fully saturated rings. The summed E-state index contributed by atoms with van der Waals surface area (Å²) >= 11 is 1.75. The quantitative estimate of drug-likeness (QED) is 0.426. The number of aryl methyl sites for hydroxylation is 1. The Morgan fingerprint density at radius 1 is 1.17 bits per heavy atom. The fourth-order valence-corrected chi connectivity index (χ4v) is 6.57. The van der Waals surface area contributed by atoms with Gasteiger partial charge in [0.05, 0.1) is 28.2 Å². The van der Waals surface area contributed by atoms with Crippen molar-refractivity contribution in [3.05, 3.63) is 41.6 Å². The maximum absolute atomic E-state index is 5.54. The first kappa shape index (κ1) is 18.3. The SMILES string of the molecule is COCc1cc(C)nc2sc3c(c12)N[C@@H](C1CCCCC1)n1c-3nc2ccccc21. The molecule has 154 valence electrons. The number of anilines is 1. The molecule has 0 spiro atoms. The molecule has 1 N–H and O–H groups in total. The van der Waals surface area contributed by atoms with Crippen LogP contribution < -0.4 is 5.32 Å². The molecule has 1 atom stereocenters. The average molecular weight is 419 g/mol. The van der Waals surface area contributed by atoms with Gasteiger partial charge in [0.1, 0.15) is 11.0 Å². The third-order valence-corrected chi connectivity index (χ3v) is 7.72. The van der Waals surface area contributed by atoms with Gasteiger partial charge in [-0.2, -0.15) is 0 Å². The summed E-state index contributed by atoms with van der Waals surface area (Å²) in [6.07, 6.45) is 6.76. The highest BCUT2D eigenvalue weighted by molar-refractivity contribution is 7.22. The van der Waals surface area contributed by atoms with Crippen molar-refractivity contribution in [1.82, 2.24) is 14.5 Å². The lowest BCUT2D eigenvalue weighted by molar-refractivity contribution is 0.186. The van der Waals surface area contributed by atoms with E-state index in [0.29, 0.717) is 12.5 Å². The first-order chi connectivity index (χ1) is 14.7. The molecule has 4 heterocycles. The van der Waals surface area contributed by atoms with Crippen LogP contribution in [0.1, 0.15) is 49.5 Å². The standard InChI is InChI=1S/C24H26N4OS/c1-14-12-16(13-29-2)19-20-21(30-24(19)25-14)23-26-17-10-6-7-11-18(17)28(23)22(27-20)15-8-4-3-5-9-15/h6-7,10-12,15,22,27H,3-5,8-9,13H2,1-2H3/t22-/m1/s1. The van der Waals surface area contributed by atoms with Crippen LogP contribution in [0.2, 0.25) is 0 Å². The first-order valence-electron chi connectivity index (χ1n) is 10.9. The van der Waals surface area contributed by atoms with Crippen LogP contribution in [0.5, 0.6) is 0 Å². The molecule has 5 nitrogen and oxygen atoms in total. The monoisotopic (exact) mass is 418 g/mol. The largest absolute Gasteiger partial charge is 0.380 e. The summed E-state index contributed by atoms with van der Waals surface area (Å²) in [4.78, 5) is 12.3. The molecule has 6 heteroatoms. The minimum absolute atomic E-state index is 0.231. The van der Waals surface area contributed by atoms with Crippen LogP contribution in [-0.2, 0) is 11.3 Å². The number of pyridine rings is 1. The van der Waals surface area contributed by atoms with E-state index in [9.17, 15) is 0 Å². The van der Waals surface area contributed by atoms with Gasteiger partial charge >= 0.3 is 0 Å². The summed E-state index contributed by atoms with van der Waals surface area (Å²) in [6.45, 7) is 2.65.